The zero-order valence-corrected chi connectivity index (χ0v) is 14.3. The Labute approximate surface area is 136 Å². The van der Waals surface area contributed by atoms with Crippen LogP contribution in [0.3, 0.4) is 0 Å². The van der Waals surface area contributed by atoms with Gasteiger partial charge in [0.2, 0.25) is 0 Å². The first kappa shape index (κ1) is 16.1. The second-order valence-electron chi connectivity index (χ2n) is 6.42. The van der Waals surface area contributed by atoms with E-state index in [1.165, 1.54) is 6.26 Å². The predicted molar refractivity (Wildman–Crippen MR) is 91.3 cm³/mol. The summed E-state index contributed by atoms with van der Waals surface area (Å²) < 4.78 is 24.1. The maximum Gasteiger partial charge on any atom is 0.253 e. The summed E-state index contributed by atoms with van der Waals surface area (Å²) in [7, 11) is -1.44. The van der Waals surface area contributed by atoms with Gasteiger partial charge in [0.1, 0.15) is 0 Å². The quantitative estimate of drug-likeness (QED) is 0.938. The summed E-state index contributed by atoms with van der Waals surface area (Å²) in [6, 6.07) is 7.24. The van der Waals surface area contributed by atoms with Crippen LogP contribution in [0.1, 0.15) is 36.0 Å². The van der Waals surface area contributed by atoms with Gasteiger partial charge < -0.3 is 9.88 Å². The first-order valence-electron chi connectivity index (χ1n) is 7.91. The van der Waals surface area contributed by atoms with Gasteiger partial charge in [-0.3, -0.25) is 4.79 Å². The fourth-order valence-corrected chi connectivity index (χ4v) is 5.04. The average Bonchev–Trinajstić information content (AvgIpc) is 3.00. The fourth-order valence-electron chi connectivity index (χ4n) is 3.55. The van der Waals surface area contributed by atoms with Crippen molar-refractivity contribution in [1.29, 1.82) is 0 Å². The van der Waals surface area contributed by atoms with E-state index in [0.29, 0.717) is 12.0 Å². The van der Waals surface area contributed by atoms with Gasteiger partial charge in [0.25, 0.3) is 5.91 Å². The lowest BCUT2D eigenvalue weighted by molar-refractivity contribution is 0.0700. The van der Waals surface area contributed by atoms with Crippen LogP contribution in [0.5, 0.6) is 0 Å². The van der Waals surface area contributed by atoms with Crippen LogP contribution in [0.4, 0.5) is 0 Å². The van der Waals surface area contributed by atoms with Crippen LogP contribution >= 0.6 is 0 Å². The van der Waals surface area contributed by atoms with Gasteiger partial charge in [0.05, 0.1) is 5.25 Å². The number of amides is 1. The monoisotopic (exact) mass is 334 g/mol. The Bertz CT molecular complexity index is 825. The number of carbonyl (C=O) groups is 1. The van der Waals surface area contributed by atoms with Crippen molar-refractivity contribution in [3.63, 3.8) is 0 Å². The number of benzene rings is 1. The number of nitrogens with zero attached hydrogens (tertiary/aromatic N) is 1. The van der Waals surface area contributed by atoms with Gasteiger partial charge in [-0.15, -0.1) is 0 Å². The molecule has 1 saturated carbocycles. The third-order valence-electron chi connectivity index (χ3n) is 4.84. The summed E-state index contributed by atoms with van der Waals surface area (Å²) in [5.74, 6) is -0.123. The van der Waals surface area contributed by atoms with Crippen LogP contribution in [-0.4, -0.2) is 48.8 Å². The van der Waals surface area contributed by atoms with Crippen molar-refractivity contribution in [1.82, 2.24) is 9.88 Å². The van der Waals surface area contributed by atoms with Crippen molar-refractivity contribution in [3.8, 4) is 0 Å². The second kappa shape index (κ2) is 6.00. The molecule has 1 N–H and O–H groups in total. The molecule has 23 heavy (non-hydrogen) atoms. The lowest BCUT2D eigenvalue weighted by Gasteiger charge is -2.37. The number of fused-ring (bicyclic) bond motifs is 1. The number of rotatable bonds is 3. The van der Waals surface area contributed by atoms with Crippen LogP contribution in [0, 0.1) is 0 Å². The normalized spacial score (nSPS) is 22.2. The highest BCUT2D eigenvalue weighted by molar-refractivity contribution is 7.91. The van der Waals surface area contributed by atoms with E-state index in [4.69, 9.17) is 0 Å². The van der Waals surface area contributed by atoms with Crippen molar-refractivity contribution in [2.75, 3.05) is 13.3 Å². The highest BCUT2D eigenvalue weighted by atomic mass is 32.2. The molecule has 124 valence electrons. The van der Waals surface area contributed by atoms with Crippen LogP contribution in [-0.2, 0) is 9.84 Å². The zero-order valence-electron chi connectivity index (χ0n) is 13.5. The van der Waals surface area contributed by atoms with Gasteiger partial charge in [-0.1, -0.05) is 18.9 Å². The van der Waals surface area contributed by atoms with E-state index in [1.54, 1.807) is 18.0 Å². The van der Waals surface area contributed by atoms with Crippen molar-refractivity contribution in [3.05, 3.63) is 36.0 Å². The molecule has 1 aromatic heterocycles. The molecular weight excluding hydrogens is 312 g/mol. The van der Waals surface area contributed by atoms with Gasteiger partial charge in [-0.05, 0) is 36.4 Å². The van der Waals surface area contributed by atoms with Gasteiger partial charge >= 0.3 is 0 Å². The molecule has 1 aliphatic carbocycles. The van der Waals surface area contributed by atoms with Gasteiger partial charge in [-0.25, -0.2) is 8.42 Å². The molecule has 2 aromatic rings. The van der Waals surface area contributed by atoms with E-state index >= 15 is 0 Å². The average molecular weight is 334 g/mol. The number of carbonyl (C=O) groups excluding carboxylic acids is 1. The molecule has 0 radical (unpaired) electrons. The molecule has 1 heterocycles. The summed E-state index contributed by atoms with van der Waals surface area (Å²) in [6.07, 6.45) is 6.36. The molecule has 0 spiro atoms. The maximum absolute atomic E-state index is 12.8. The Morgan fingerprint density at radius 1 is 1.22 bits per heavy atom. The van der Waals surface area contributed by atoms with E-state index in [9.17, 15) is 13.2 Å². The minimum absolute atomic E-state index is 0.123. The first-order chi connectivity index (χ1) is 10.9. The summed E-state index contributed by atoms with van der Waals surface area (Å²) in [4.78, 5) is 17.5. The Morgan fingerprint density at radius 3 is 2.70 bits per heavy atom. The lowest BCUT2D eigenvalue weighted by atomic mass is 9.93. The topological polar surface area (TPSA) is 70.2 Å². The van der Waals surface area contributed by atoms with Crippen LogP contribution < -0.4 is 0 Å². The van der Waals surface area contributed by atoms with Crippen molar-refractivity contribution in [2.24, 2.45) is 0 Å². The largest absolute Gasteiger partial charge is 0.361 e. The molecular formula is C17H22N2O3S. The predicted octanol–water partition coefficient (Wildman–Crippen LogP) is 2.60. The molecule has 5 nitrogen and oxygen atoms in total. The number of H-pyrrole nitrogens is 1. The zero-order chi connectivity index (χ0) is 16.6. The van der Waals surface area contributed by atoms with Crippen molar-refractivity contribution < 1.29 is 13.2 Å². The molecule has 6 heteroatoms. The second-order valence-corrected chi connectivity index (χ2v) is 8.68. The van der Waals surface area contributed by atoms with E-state index in [1.807, 2.05) is 24.4 Å². The third-order valence-corrected chi connectivity index (χ3v) is 6.49. The molecule has 0 bridgehead atoms. The van der Waals surface area contributed by atoms with Gasteiger partial charge in [-0.2, -0.15) is 0 Å². The molecule has 1 fully saturated rings. The first-order valence-corrected chi connectivity index (χ1v) is 9.86. The standard InChI is InChI=1S/C17H22N2O3S/c1-19(15-5-3-4-6-16(15)23(2,21)22)17(20)13-8-7-12-9-10-18-14(12)11-13/h7-11,15-16,18H,3-6H2,1-2H3/t15-,16-/m1/s1. The summed E-state index contributed by atoms with van der Waals surface area (Å²) in [5.41, 5.74) is 1.49. The number of aromatic amines is 1. The van der Waals surface area contributed by atoms with Crippen molar-refractivity contribution >= 4 is 26.6 Å². The lowest BCUT2D eigenvalue weighted by Crippen LogP contribution is -2.49. The van der Waals surface area contributed by atoms with E-state index in [-0.39, 0.29) is 11.9 Å². The van der Waals surface area contributed by atoms with E-state index in [0.717, 1.165) is 30.2 Å². The molecule has 1 aliphatic rings. The molecule has 1 amide bonds. The highest BCUT2D eigenvalue weighted by Crippen LogP contribution is 2.28. The van der Waals surface area contributed by atoms with Gasteiger partial charge in [0, 0.05) is 36.6 Å². The third kappa shape index (κ3) is 3.13. The molecule has 0 saturated heterocycles. The summed E-state index contributed by atoms with van der Waals surface area (Å²) in [5, 5.41) is 0.593. The summed E-state index contributed by atoms with van der Waals surface area (Å²) >= 11 is 0. The van der Waals surface area contributed by atoms with Crippen LogP contribution in [0.2, 0.25) is 0 Å². The number of hydrogen-bond donors (Lipinski definition) is 1. The molecule has 2 atom stereocenters. The Balaban J connectivity index is 1.88. The Kier molecular flexibility index (Phi) is 4.19. The molecule has 0 aliphatic heterocycles. The van der Waals surface area contributed by atoms with Gasteiger partial charge in [0.15, 0.2) is 9.84 Å². The highest BCUT2D eigenvalue weighted by Gasteiger charge is 2.37. The number of hydrogen-bond acceptors (Lipinski definition) is 3. The smallest absolute Gasteiger partial charge is 0.253 e. The number of nitrogens with one attached hydrogen (secondary N) is 1. The van der Waals surface area contributed by atoms with Crippen molar-refractivity contribution in [2.45, 2.75) is 37.0 Å². The number of sulfone groups is 1. The molecule has 3 rings (SSSR count). The number of aromatic nitrogens is 1. The minimum Gasteiger partial charge on any atom is -0.361 e. The minimum atomic E-state index is -3.16. The molecule has 1 aromatic carbocycles. The van der Waals surface area contributed by atoms with E-state index in [2.05, 4.69) is 4.98 Å². The Morgan fingerprint density at radius 2 is 1.96 bits per heavy atom. The van der Waals surface area contributed by atoms with Crippen LogP contribution in [0.25, 0.3) is 10.9 Å². The summed E-state index contributed by atoms with van der Waals surface area (Å²) in [6.45, 7) is 0. The maximum atomic E-state index is 12.8. The molecule has 0 unspecified atom stereocenters. The SMILES string of the molecule is CN(C(=O)c1ccc2cc[nH]c2c1)[C@@H]1CCCC[C@H]1S(C)(=O)=O. The van der Waals surface area contributed by atoms with E-state index < -0.39 is 15.1 Å². The van der Waals surface area contributed by atoms with Crippen LogP contribution in [0.15, 0.2) is 30.5 Å². The Hall–Kier alpha value is -1.82. The fraction of sp³-hybridized carbons (Fsp3) is 0.471.